The standard InChI is InChI=1S/C33H44O4/c1-26(24-34-31(2,3)22-27-16-10-8-11-17-27)36-29-20-14-15-21-30(29)37-33(6,7)25-35-32(4,5)23-28-18-12-9-13-19-28/h8-10,12,14-16,18,20-21,26H,11,17,22-25H2,1-7H3. The van der Waals surface area contributed by atoms with Crippen LogP contribution in [0.25, 0.3) is 0 Å². The average Bonchev–Trinajstić information content (AvgIpc) is 2.84. The highest BCUT2D eigenvalue weighted by atomic mass is 16.6. The zero-order valence-electron chi connectivity index (χ0n) is 23.7. The van der Waals surface area contributed by atoms with Gasteiger partial charge >= 0.3 is 0 Å². The molecule has 0 aromatic heterocycles. The van der Waals surface area contributed by atoms with Gasteiger partial charge in [0.05, 0.1) is 24.4 Å². The Labute approximate surface area is 224 Å². The summed E-state index contributed by atoms with van der Waals surface area (Å²) in [5.74, 6) is 1.41. The van der Waals surface area contributed by atoms with E-state index < -0.39 is 5.60 Å². The van der Waals surface area contributed by atoms with Crippen molar-refractivity contribution in [2.45, 2.75) is 97.1 Å². The maximum absolute atomic E-state index is 6.41. The number of ether oxygens (including phenoxy) is 4. The highest BCUT2D eigenvalue weighted by Gasteiger charge is 2.28. The fourth-order valence-corrected chi connectivity index (χ4v) is 4.32. The van der Waals surface area contributed by atoms with E-state index in [4.69, 9.17) is 18.9 Å². The molecule has 1 unspecified atom stereocenters. The number of rotatable bonds is 14. The first-order valence-corrected chi connectivity index (χ1v) is 13.4. The molecule has 0 aliphatic heterocycles. The van der Waals surface area contributed by atoms with Crippen molar-refractivity contribution in [1.82, 2.24) is 0 Å². The smallest absolute Gasteiger partial charge is 0.162 e. The van der Waals surface area contributed by atoms with Crippen molar-refractivity contribution in [3.05, 3.63) is 83.3 Å². The van der Waals surface area contributed by atoms with E-state index >= 15 is 0 Å². The van der Waals surface area contributed by atoms with Gasteiger partial charge in [-0.3, -0.25) is 0 Å². The Morgan fingerprint density at radius 2 is 1.62 bits per heavy atom. The molecule has 2 aliphatic carbocycles. The first kappa shape index (κ1) is 28.8. The molecular weight excluding hydrogens is 460 g/mol. The molecule has 0 fully saturated rings. The maximum atomic E-state index is 6.41. The summed E-state index contributed by atoms with van der Waals surface area (Å²) in [6.07, 6.45) is 16.2. The molecule has 1 aromatic rings. The highest BCUT2D eigenvalue weighted by Crippen LogP contribution is 2.32. The first-order chi connectivity index (χ1) is 17.4. The number of hydrogen-bond donors (Lipinski definition) is 0. The highest BCUT2D eigenvalue weighted by molar-refractivity contribution is 5.40. The largest absolute Gasteiger partial charge is 0.484 e. The predicted octanol–water partition coefficient (Wildman–Crippen LogP) is 8.06. The summed E-state index contributed by atoms with van der Waals surface area (Å²) in [7, 11) is 0. The van der Waals surface area contributed by atoms with E-state index in [-0.39, 0.29) is 17.3 Å². The van der Waals surface area contributed by atoms with Crippen LogP contribution < -0.4 is 9.47 Å². The quantitative estimate of drug-likeness (QED) is 0.240. The molecule has 37 heavy (non-hydrogen) atoms. The van der Waals surface area contributed by atoms with Crippen LogP contribution >= 0.6 is 0 Å². The summed E-state index contributed by atoms with van der Waals surface area (Å²) in [6, 6.07) is 7.81. The Balaban J connectivity index is 1.53. The van der Waals surface area contributed by atoms with Gasteiger partial charge in [-0.1, -0.05) is 53.5 Å². The van der Waals surface area contributed by atoms with E-state index in [0.717, 1.165) is 31.3 Å². The van der Waals surface area contributed by atoms with Crippen LogP contribution in [0.3, 0.4) is 0 Å². The molecule has 0 heterocycles. The molecular formula is C33H44O4. The van der Waals surface area contributed by atoms with Gasteiger partial charge in [-0.2, -0.15) is 0 Å². The Morgan fingerprint density at radius 1 is 0.892 bits per heavy atom. The molecule has 0 radical (unpaired) electrons. The number of benzene rings is 1. The monoisotopic (exact) mass is 504 g/mol. The van der Waals surface area contributed by atoms with Crippen LogP contribution in [0.15, 0.2) is 83.3 Å². The summed E-state index contributed by atoms with van der Waals surface area (Å²) in [5.41, 5.74) is 7.54. The summed E-state index contributed by atoms with van der Waals surface area (Å²) in [5, 5.41) is 0. The van der Waals surface area contributed by atoms with Crippen LogP contribution in [0, 0.1) is 0 Å². The van der Waals surface area contributed by atoms with Crippen LogP contribution in [0.5, 0.6) is 11.5 Å². The number of hydrogen-bond acceptors (Lipinski definition) is 4. The van der Waals surface area contributed by atoms with E-state index in [1.54, 1.807) is 0 Å². The van der Waals surface area contributed by atoms with Gasteiger partial charge in [0.2, 0.25) is 0 Å². The van der Waals surface area contributed by atoms with Gasteiger partial charge in [-0.25, -0.2) is 0 Å². The van der Waals surface area contributed by atoms with E-state index in [0.29, 0.717) is 24.7 Å². The maximum Gasteiger partial charge on any atom is 0.162 e. The van der Waals surface area contributed by atoms with Gasteiger partial charge in [0, 0.05) is 12.0 Å². The topological polar surface area (TPSA) is 36.9 Å². The third kappa shape index (κ3) is 10.3. The Hall–Kier alpha value is -2.74. The summed E-state index contributed by atoms with van der Waals surface area (Å²) >= 11 is 0. The third-order valence-electron chi connectivity index (χ3n) is 6.16. The molecule has 1 aromatic carbocycles. The van der Waals surface area contributed by atoms with Gasteiger partial charge in [-0.05, 0) is 92.0 Å². The lowest BCUT2D eigenvalue weighted by atomic mass is 9.93. The lowest BCUT2D eigenvalue weighted by molar-refractivity contribution is -0.0816. The van der Waals surface area contributed by atoms with Crippen molar-refractivity contribution in [2.24, 2.45) is 0 Å². The third-order valence-corrected chi connectivity index (χ3v) is 6.16. The van der Waals surface area contributed by atoms with Gasteiger partial charge in [0.1, 0.15) is 11.7 Å². The molecule has 0 bridgehead atoms. The molecule has 4 heteroatoms. The van der Waals surface area contributed by atoms with Crippen molar-refractivity contribution in [3.8, 4) is 11.5 Å². The molecule has 0 saturated heterocycles. The SMILES string of the molecule is CC(COC(C)(C)CC1=CC=CCC1)Oc1ccccc1OC(C)(C)COC(C)(C)CC1=C=C=CC=C1. The van der Waals surface area contributed by atoms with Gasteiger partial charge in [0.25, 0.3) is 0 Å². The first-order valence-electron chi connectivity index (χ1n) is 13.4. The zero-order chi connectivity index (χ0) is 26.9. The average molecular weight is 505 g/mol. The minimum Gasteiger partial charge on any atom is -0.484 e. The second-order valence-corrected chi connectivity index (χ2v) is 11.8. The van der Waals surface area contributed by atoms with Crippen molar-refractivity contribution in [2.75, 3.05) is 13.2 Å². The fourth-order valence-electron chi connectivity index (χ4n) is 4.32. The van der Waals surface area contributed by atoms with E-state index in [1.807, 2.05) is 63.3 Å². The molecule has 4 nitrogen and oxygen atoms in total. The number of para-hydroxylation sites is 2. The minimum atomic E-state index is -0.548. The Kier molecular flexibility index (Phi) is 9.87. The van der Waals surface area contributed by atoms with Crippen molar-refractivity contribution in [1.29, 1.82) is 0 Å². The van der Waals surface area contributed by atoms with Crippen LogP contribution in [0.1, 0.15) is 74.1 Å². The lowest BCUT2D eigenvalue weighted by Gasteiger charge is -2.33. The van der Waals surface area contributed by atoms with E-state index in [9.17, 15) is 0 Å². The van der Waals surface area contributed by atoms with Crippen molar-refractivity contribution < 1.29 is 18.9 Å². The van der Waals surface area contributed by atoms with Crippen molar-refractivity contribution in [3.63, 3.8) is 0 Å². The Morgan fingerprint density at radius 3 is 2.30 bits per heavy atom. The van der Waals surface area contributed by atoms with E-state index in [1.165, 1.54) is 5.57 Å². The second-order valence-electron chi connectivity index (χ2n) is 11.8. The predicted molar refractivity (Wildman–Crippen MR) is 151 cm³/mol. The molecule has 1 atom stereocenters. The summed E-state index contributed by atoms with van der Waals surface area (Å²) in [6.45, 7) is 15.5. The van der Waals surface area contributed by atoms with Gasteiger partial charge in [0.15, 0.2) is 11.5 Å². The van der Waals surface area contributed by atoms with E-state index in [2.05, 4.69) is 57.4 Å². The van der Waals surface area contributed by atoms with Crippen molar-refractivity contribution >= 4 is 0 Å². The minimum absolute atomic E-state index is 0.124. The van der Waals surface area contributed by atoms with Crippen LogP contribution in [-0.2, 0) is 9.47 Å². The van der Waals surface area contributed by atoms with Crippen LogP contribution in [0.4, 0.5) is 0 Å². The van der Waals surface area contributed by atoms with Crippen LogP contribution in [-0.4, -0.2) is 36.1 Å². The molecule has 0 N–H and O–H groups in total. The molecule has 3 rings (SSSR count). The molecule has 2 aliphatic rings. The normalized spacial score (nSPS) is 16.4. The van der Waals surface area contributed by atoms with Gasteiger partial charge in [-0.15, -0.1) is 0 Å². The Bertz CT molecular complexity index is 1100. The molecule has 0 spiro atoms. The second kappa shape index (κ2) is 12.7. The molecule has 0 amide bonds. The number of allylic oxidation sites excluding steroid dienone is 6. The van der Waals surface area contributed by atoms with Gasteiger partial charge < -0.3 is 18.9 Å². The van der Waals surface area contributed by atoms with Crippen LogP contribution in [0.2, 0.25) is 0 Å². The fraction of sp³-hybridized carbons (Fsp3) is 0.515. The zero-order valence-corrected chi connectivity index (χ0v) is 23.7. The summed E-state index contributed by atoms with van der Waals surface area (Å²) < 4.78 is 25.3. The summed E-state index contributed by atoms with van der Waals surface area (Å²) in [4.78, 5) is 0. The lowest BCUT2D eigenvalue weighted by Crippen LogP contribution is -2.39. The molecule has 200 valence electrons. The molecule has 0 saturated carbocycles.